The summed E-state index contributed by atoms with van der Waals surface area (Å²) in [7, 11) is 3.62. The Bertz CT molecular complexity index is 1720. The van der Waals surface area contributed by atoms with Crippen LogP contribution in [0.2, 0.25) is 0 Å². The van der Waals surface area contributed by atoms with Crippen LogP contribution >= 0.6 is 0 Å². The number of benzene rings is 4. The molecule has 0 bridgehead atoms. The van der Waals surface area contributed by atoms with E-state index in [1.54, 1.807) is 52.3 Å². The van der Waals surface area contributed by atoms with E-state index >= 15 is 0 Å². The van der Waals surface area contributed by atoms with Crippen molar-refractivity contribution in [3.8, 4) is 22.3 Å². The molecule has 0 radical (unpaired) electrons. The van der Waals surface area contributed by atoms with Crippen molar-refractivity contribution in [1.29, 1.82) is 0 Å². The number of anilines is 1. The molecule has 220 valence electrons. The van der Waals surface area contributed by atoms with Gasteiger partial charge in [-0.25, -0.2) is 0 Å². The summed E-state index contributed by atoms with van der Waals surface area (Å²) in [6.45, 7) is 1.02. The first kappa shape index (κ1) is 29.5. The highest BCUT2D eigenvalue weighted by molar-refractivity contribution is 6.06. The average Bonchev–Trinajstić information content (AvgIpc) is 3.39. The van der Waals surface area contributed by atoms with E-state index in [2.05, 4.69) is 5.32 Å². The molecule has 4 aromatic rings. The fraction of sp³-hybridized carbons (Fsp3) is 0.182. The predicted molar refractivity (Wildman–Crippen MR) is 158 cm³/mol. The van der Waals surface area contributed by atoms with E-state index in [0.29, 0.717) is 46.6 Å². The van der Waals surface area contributed by atoms with Crippen LogP contribution in [0, 0.1) is 0 Å². The first-order valence-corrected chi connectivity index (χ1v) is 13.5. The smallest absolute Gasteiger partial charge is 0.366 e. The topological polar surface area (TPSA) is 95.7 Å². The number of nitrogens with one attached hydrogen (secondary N) is 1. The van der Waals surface area contributed by atoms with Gasteiger partial charge in [0, 0.05) is 24.3 Å². The molecule has 1 aliphatic rings. The Labute approximate surface area is 246 Å². The zero-order valence-corrected chi connectivity index (χ0v) is 23.5. The van der Waals surface area contributed by atoms with Gasteiger partial charge in [-0.3, -0.25) is 14.4 Å². The summed E-state index contributed by atoms with van der Waals surface area (Å²) in [5, 5.41) is 2.87. The first-order valence-electron chi connectivity index (χ1n) is 13.5. The van der Waals surface area contributed by atoms with Crippen molar-refractivity contribution in [3.05, 3.63) is 113 Å². The number of amides is 3. The van der Waals surface area contributed by atoms with Crippen LogP contribution in [0.25, 0.3) is 22.3 Å². The minimum absolute atomic E-state index is 0.134. The van der Waals surface area contributed by atoms with Crippen LogP contribution < -0.4 is 11.1 Å². The molecule has 0 fully saturated rings. The molecule has 0 saturated carbocycles. The fourth-order valence-corrected chi connectivity index (χ4v) is 5.24. The standard InChI is InChI=1S/C33H29F3N4O3/c1-39(2)19-29(41)38-26-14-11-23-17-40(18-24(23)16-26)32(43)22-6-3-5-21(15-22)28-8-4-7-27(30(28)31(37)42)20-9-12-25(13-10-20)33(34,35)36/h3-16H,17-19H2,1-2H3,(H2,37,42)(H,38,41). The van der Waals surface area contributed by atoms with Crippen LogP contribution in [0.4, 0.5) is 18.9 Å². The Morgan fingerprint density at radius 1 is 0.837 bits per heavy atom. The lowest BCUT2D eigenvalue weighted by molar-refractivity contribution is -0.137. The van der Waals surface area contributed by atoms with Crippen molar-refractivity contribution in [1.82, 2.24) is 9.80 Å². The monoisotopic (exact) mass is 586 g/mol. The van der Waals surface area contributed by atoms with Crippen LogP contribution in [0.5, 0.6) is 0 Å². The van der Waals surface area contributed by atoms with Gasteiger partial charge in [0.05, 0.1) is 17.7 Å². The molecule has 3 N–H and O–H groups in total. The van der Waals surface area contributed by atoms with E-state index in [-0.39, 0.29) is 23.9 Å². The average molecular weight is 587 g/mol. The number of hydrogen-bond donors (Lipinski definition) is 2. The fourth-order valence-electron chi connectivity index (χ4n) is 5.24. The molecule has 10 heteroatoms. The molecule has 0 unspecified atom stereocenters. The Morgan fingerprint density at radius 2 is 1.49 bits per heavy atom. The molecular formula is C33H29F3N4O3. The molecule has 0 aromatic heterocycles. The number of primary amides is 1. The molecule has 0 atom stereocenters. The van der Waals surface area contributed by atoms with Crippen LogP contribution in [0.15, 0.2) is 84.9 Å². The quantitative estimate of drug-likeness (QED) is 0.286. The van der Waals surface area contributed by atoms with Gasteiger partial charge in [0.15, 0.2) is 0 Å². The lowest BCUT2D eigenvalue weighted by Gasteiger charge is -2.17. The van der Waals surface area contributed by atoms with Gasteiger partial charge >= 0.3 is 6.18 Å². The molecule has 0 aliphatic carbocycles. The lowest BCUT2D eigenvalue weighted by Crippen LogP contribution is -2.27. The van der Waals surface area contributed by atoms with Crippen LogP contribution in [0.1, 0.15) is 37.4 Å². The van der Waals surface area contributed by atoms with E-state index in [1.165, 1.54) is 12.1 Å². The Morgan fingerprint density at radius 3 is 2.14 bits per heavy atom. The van der Waals surface area contributed by atoms with E-state index in [9.17, 15) is 27.6 Å². The van der Waals surface area contributed by atoms with Crippen molar-refractivity contribution in [2.45, 2.75) is 19.3 Å². The lowest BCUT2D eigenvalue weighted by atomic mass is 9.90. The molecule has 1 heterocycles. The summed E-state index contributed by atoms with van der Waals surface area (Å²) in [4.78, 5) is 41.9. The van der Waals surface area contributed by atoms with E-state index in [4.69, 9.17) is 5.73 Å². The Hall–Kier alpha value is -4.96. The Balaban J connectivity index is 1.40. The number of fused-ring (bicyclic) bond motifs is 1. The molecule has 0 spiro atoms. The zero-order valence-electron chi connectivity index (χ0n) is 23.5. The number of alkyl halides is 3. The van der Waals surface area contributed by atoms with Crippen molar-refractivity contribution >= 4 is 23.4 Å². The first-order chi connectivity index (χ1) is 20.4. The van der Waals surface area contributed by atoms with Gasteiger partial charge in [-0.2, -0.15) is 13.2 Å². The van der Waals surface area contributed by atoms with Crippen molar-refractivity contribution in [3.63, 3.8) is 0 Å². The highest BCUT2D eigenvalue weighted by Crippen LogP contribution is 2.36. The zero-order chi connectivity index (χ0) is 30.9. The molecule has 43 heavy (non-hydrogen) atoms. The summed E-state index contributed by atoms with van der Waals surface area (Å²) >= 11 is 0. The van der Waals surface area contributed by atoms with Crippen molar-refractivity contribution in [2.24, 2.45) is 5.73 Å². The second-order valence-electron chi connectivity index (χ2n) is 10.7. The van der Waals surface area contributed by atoms with Gasteiger partial charge < -0.3 is 20.9 Å². The minimum atomic E-state index is -4.49. The number of hydrogen-bond acceptors (Lipinski definition) is 4. The van der Waals surface area contributed by atoms with Gasteiger partial charge in [-0.05, 0) is 83.9 Å². The molecule has 7 nitrogen and oxygen atoms in total. The maximum atomic E-state index is 13.6. The summed E-state index contributed by atoms with van der Waals surface area (Å²) in [6.07, 6.45) is -4.49. The molecule has 3 amide bonds. The van der Waals surface area contributed by atoms with Crippen LogP contribution in [0.3, 0.4) is 0 Å². The number of carbonyl (C=O) groups excluding carboxylic acids is 3. The summed E-state index contributed by atoms with van der Waals surface area (Å²) in [5.74, 6) is -1.09. The summed E-state index contributed by atoms with van der Waals surface area (Å²) in [5.41, 5.74) is 9.93. The third-order valence-corrected chi connectivity index (χ3v) is 7.21. The minimum Gasteiger partial charge on any atom is -0.366 e. The molecule has 4 aromatic carbocycles. The number of rotatable bonds is 7. The molecular weight excluding hydrogens is 557 g/mol. The van der Waals surface area contributed by atoms with Gasteiger partial charge in [0.2, 0.25) is 11.8 Å². The molecule has 1 aliphatic heterocycles. The van der Waals surface area contributed by atoms with Crippen molar-refractivity contribution in [2.75, 3.05) is 26.0 Å². The predicted octanol–water partition coefficient (Wildman–Crippen LogP) is 5.79. The summed E-state index contributed by atoms with van der Waals surface area (Å²) in [6, 6.07) is 21.9. The highest BCUT2D eigenvalue weighted by Gasteiger charge is 2.30. The SMILES string of the molecule is CN(C)CC(=O)Nc1ccc2c(c1)CN(C(=O)c1cccc(-c3cccc(-c4ccc(C(F)(F)F)cc4)c3C(N)=O)c1)C2. The second-order valence-corrected chi connectivity index (χ2v) is 10.7. The maximum Gasteiger partial charge on any atom is 0.416 e. The molecule has 5 rings (SSSR count). The van der Waals surface area contributed by atoms with Crippen LogP contribution in [-0.4, -0.2) is 48.2 Å². The highest BCUT2D eigenvalue weighted by atomic mass is 19.4. The number of nitrogens with two attached hydrogens (primary N) is 1. The van der Waals surface area contributed by atoms with Crippen LogP contribution in [-0.2, 0) is 24.1 Å². The van der Waals surface area contributed by atoms with E-state index in [1.807, 2.05) is 32.3 Å². The number of nitrogens with zero attached hydrogens (tertiary/aromatic N) is 2. The third-order valence-electron chi connectivity index (χ3n) is 7.21. The van der Waals surface area contributed by atoms with Gasteiger partial charge in [-0.15, -0.1) is 0 Å². The normalized spacial score (nSPS) is 12.7. The Kier molecular flexibility index (Phi) is 8.06. The number of likely N-dealkylation sites (N-methyl/N-ethyl adjacent to an activating group) is 1. The van der Waals surface area contributed by atoms with Gasteiger partial charge in [0.25, 0.3) is 5.91 Å². The third kappa shape index (κ3) is 6.44. The van der Waals surface area contributed by atoms with Gasteiger partial charge in [-0.1, -0.05) is 48.5 Å². The van der Waals surface area contributed by atoms with E-state index in [0.717, 1.165) is 23.3 Å². The number of halogens is 3. The van der Waals surface area contributed by atoms with E-state index < -0.39 is 17.6 Å². The van der Waals surface area contributed by atoms with Crippen molar-refractivity contribution < 1.29 is 27.6 Å². The largest absolute Gasteiger partial charge is 0.416 e. The molecule has 0 saturated heterocycles. The maximum absolute atomic E-state index is 13.6. The summed E-state index contributed by atoms with van der Waals surface area (Å²) < 4.78 is 39.3. The number of carbonyl (C=O) groups is 3. The second kappa shape index (κ2) is 11.7. The van der Waals surface area contributed by atoms with Gasteiger partial charge in [0.1, 0.15) is 0 Å².